The van der Waals surface area contributed by atoms with Gasteiger partial charge in [0.2, 0.25) is 0 Å². The average Bonchev–Trinajstić information content (AvgIpc) is 2.41. The summed E-state index contributed by atoms with van der Waals surface area (Å²) in [5, 5.41) is 0. The number of hydrogen-bond donors (Lipinski definition) is 1. The summed E-state index contributed by atoms with van der Waals surface area (Å²) in [6.07, 6.45) is 0. The molecule has 0 radical (unpaired) electrons. The van der Waals surface area contributed by atoms with Gasteiger partial charge in [-0.2, -0.15) is 0 Å². The largest absolute Gasteiger partial charge is 0.389 e. The monoisotopic (exact) mass is 334 g/mol. The molecule has 4 heteroatoms. The van der Waals surface area contributed by atoms with Gasteiger partial charge in [0.1, 0.15) is 4.99 Å². The summed E-state index contributed by atoms with van der Waals surface area (Å²) in [6, 6.07) is 16.2. The Morgan fingerprint density at radius 2 is 1.95 bits per heavy atom. The highest BCUT2D eigenvalue weighted by Gasteiger charge is 2.06. The van der Waals surface area contributed by atoms with Crippen LogP contribution in [0.15, 0.2) is 53.0 Å². The van der Waals surface area contributed by atoms with Crippen molar-refractivity contribution in [2.24, 2.45) is 5.73 Å². The molecular weight excluding hydrogens is 320 g/mol. The molecule has 0 unspecified atom stereocenters. The van der Waals surface area contributed by atoms with E-state index in [-0.39, 0.29) is 0 Å². The van der Waals surface area contributed by atoms with Crippen molar-refractivity contribution in [3.63, 3.8) is 0 Å². The van der Waals surface area contributed by atoms with Crippen LogP contribution in [-0.2, 0) is 6.54 Å². The van der Waals surface area contributed by atoms with Crippen LogP contribution in [0.1, 0.15) is 11.1 Å². The SMILES string of the molecule is CN(Cc1ccccc1Br)c1cccc(C(N)=S)c1. The Balaban J connectivity index is 2.20. The van der Waals surface area contributed by atoms with Crippen molar-refractivity contribution < 1.29 is 0 Å². The van der Waals surface area contributed by atoms with Gasteiger partial charge in [0.05, 0.1) is 0 Å². The third-order valence-electron chi connectivity index (χ3n) is 2.94. The van der Waals surface area contributed by atoms with E-state index in [0.717, 1.165) is 22.3 Å². The van der Waals surface area contributed by atoms with Gasteiger partial charge < -0.3 is 10.6 Å². The van der Waals surface area contributed by atoms with Gasteiger partial charge >= 0.3 is 0 Å². The Morgan fingerprint density at radius 3 is 2.63 bits per heavy atom. The fourth-order valence-electron chi connectivity index (χ4n) is 1.87. The Labute approximate surface area is 127 Å². The molecule has 2 aromatic rings. The summed E-state index contributed by atoms with van der Waals surface area (Å²) in [6.45, 7) is 0.822. The molecule has 0 heterocycles. The molecule has 0 spiro atoms. The zero-order chi connectivity index (χ0) is 13.8. The van der Waals surface area contributed by atoms with Gasteiger partial charge in [0.25, 0.3) is 0 Å². The molecule has 19 heavy (non-hydrogen) atoms. The third kappa shape index (κ3) is 3.55. The maximum Gasteiger partial charge on any atom is 0.104 e. The zero-order valence-electron chi connectivity index (χ0n) is 10.6. The van der Waals surface area contributed by atoms with E-state index in [9.17, 15) is 0 Å². The minimum Gasteiger partial charge on any atom is -0.389 e. The van der Waals surface area contributed by atoms with E-state index >= 15 is 0 Å². The summed E-state index contributed by atoms with van der Waals surface area (Å²) in [4.78, 5) is 2.60. The van der Waals surface area contributed by atoms with E-state index in [1.165, 1.54) is 5.56 Å². The second-order valence-electron chi connectivity index (χ2n) is 4.36. The number of thiocarbonyl (C=S) groups is 1. The number of rotatable bonds is 4. The van der Waals surface area contributed by atoms with Crippen molar-refractivity contribution in [2.45, 2.75) is 6.54 Å². The number of nitrogens with two attached hydrogens (primary N) is 1. The molecule has 0 amide bonds. The molecule has 0 saturated heterocycles. The Kier molecular flexibility index (Phi) is 4.56. The van der Waals surface area contributed by atoms with Crippen LogP contribution in [0.5, 0.6) is 0 Å². The number of nitrogens with zero attached hydrogens (tertiary/aromatic N) is 1. The lowest BCUT2D eigenvalue weighted by Gasteiger charge is -2.20. The first-order valence-corrected chi connectivity index (χ1v) is 7.12. The van der Waals surface area contributed by atoms with Crippen LogP contribution in [0.4, 0.5) is 5.69 Å². The molecule has 0 bridgehead atoms. The summed E-state index contributed by atoms with van der Waals surface area (Å²) < 4.78 is 1.12. The summed E-state index contributed by atoms with van der Waals surface area (Å²) in [7, 11) is 2.05. The third-order valence-corrected chi connectivity index (χ3v) is 3.95. The highest BCUT2D eigenvalue weighted by Crippen LogP contribution is 2.21. The van der Waals surface area contributed by atoms with E-state index in [4.69, 9.17) is 18.0 Å². The fraction of sp³-hybridized carbons (Fsp3) is 0.133. The van der Waals surface area contributed by atoms with Gasteiger partial charge in [-0.25, -0.2) is 0 Å². The van der Waals surface area contributed by atoms with Gasteiger partial charge in [0, 0.05) is 29.3 Å². The van der Waals surface area contributed by atoms with E-state index < -0.39 is 0 Å². The van der Waals surface area contributed by atoms with Crippen LogP contribution in [0.3, 0.4) is 0 Å². The predicted molar refractivity (Wildman–Crippen MR) is 88.6 cm³/mol. The smallest absolute Gasteiger partial charge is 0.104 e. The van der Waals surface area contributed by atoms with Crippen LogP contribution < -0.4 is 10.6 Å². The molecule has 2 aromatic carbocycles. The second kappa shape index (κ2) is 6.17. The molecule has 0 saturated carbocycles. The Hall–Kier alpha value is -1.39. The lowest BCUT2D eigenvalue weighted by atomic mass is 10.1. The first-order valence-electron chi connectivity index (χ1n) is 5.92. The Morgan fingerprint density at radius 1 is 1.21 bits per heavy atom. The van der Waals surface area contributed by atoms with E-state index in [0.29, 0.717) is 4.99 Å². The van der Waals surface area contributed by atoms with Crippen molar-refractivity contribution >= 4 is 38.8 Å². The van der Waals surface area contributed by atoms with Gasteiger partial charge in [0.15, 0.2) is 0 Å². The highest BCUT2D eigenvalue weighted by molar-refractivity contribution is 9.10. The molecule has 0 atom stereocenters. The average molecular weight is 335 g/mol. The van der Waals surface area contributed by atoms with E-state index in [1.54, 1.807) is 0 Å². The van der Waals surface area contributed by atoms with Crippen LogP contribution in [0.2, 0.25) is 0 Å². The minimum absolute atomic E-state index is 0.427. The van der Waals surface area contributed by atoms with E-state index in [2.05, 4.69) is 46.1 Å². The number of hydrogen-bond acceptors (Lipinski definition) is 2. The van der Waals surface area contributed by atoms with Gasteiger partial charge in [-0.3, -0.25) is 0 Å². The quantitative estimate of drug-likeness (QED) is 0.864. The molecule has 98 valence electrons. The lowest BCUT2D eigenvalue weighted by molar-refractivity contribution is 0.918. The maximum atomic E-state index is 5.66. The van der Waals surface area contributed by atoms with Crippen LogP contribution in [0, 0.1) is 0 Å². The molecule has 0 aliphatic carbocycles. The molecular formula is C15H15BrN2S. The molecule has 0 aliphatic heterocycles. The first-order chi connectivity index (χ1) is 9.08. The summed E-state index contributed by atoms with van der Waals surface area (Å²) >= 11 is 8.58. The normalized spacial score (nSPS) is 10.2. The summed E-state index contributed by atoms with van der Waals surface area (Å²) in [5.74, 6) is 0. The van der Waals surface area contributed by atoms with Crippen LogP contribution >= 0.6 is 28.1 Å². The number of benzene rings is 2. The van der Waals surface area contributed by atoms with Crippen LogP contribution in [0.25, 0.3) is 0 Å². The summed E-state index contributed by atoms with van der Waals surface area (Å²) in [5.41, 5.74) is 8.90. The van der Waals surface area contributed by atoms with Crippen molar-refractivity contribution in [3.05, 3.63) is 64.1 Å². The molecule has 0 aliphatic rings. The molecule has 0 fully saturated rings. The highest BCUT2D eigenvalue weighted by atomic mass is 79.9. The van der Waals surface area contributed by atoms with Crippen molar-refractivity contribution in [1.82, 2.24) is 0 Å². The van der Waals surface area contributed by atoms with E-state index in [1.807, 2.05) is 30.3 Å². The molecule has 2 N–H and O–H groups in total. The maximum absolute atomic E-state index is 5.66. The zero-order valence-corrected chi connectivity index (χ0v) is 13.0. The number of anilines is 1. The number of halogens is 1. The fourth-order valence-corrected chi connectivity index (χ4v) is 2.41. The molecule has 2 nitrogen and oxygen atoms in total. The van der Waals surface area contributed by atoms with Crippen molar-refractivity contribution in [2.75, 3.05) is 11.9 Å². The van der Waals surface area contributed by atoms with Crippen LogP contribution in [-0.4, -0.2) is 12.0 Å². The standard InChI is InChI=1S/C15H15BrN2S/c1-18(10-12-5-2-3-8-14(12)16)13-7-4-6-11(9-13)15(17)19/h2-9H,10H2,1H3,(H2,17,19). The minimum atomic E-state index is 0.427. The Bertz CT molecular complexity index is 598. The van der Waals surface area contributed by atoms with Crippen molar-refractivity contribution in [1.29, 1.82) is 0 Å². The van der Waals surface area contributed by atoms with Gasteiger partial charge in [-0.05, 0) is 23.8 Å². The first kappa shape index (κ1) is 14.0. The van der Waals surface area contributed by atoms with Crippen molar-refractivity contribution in [3.8, 4) is 0 Å². The molecule has 2 rings (SSSR count). The van der Waals surface area contributed by atoms with Gasteiger partial charge in [-0.1, -0.05) is 58.5 Å². The topological polar surface area (TPSA) is 29.3 Å². The molecule has 0 aromatic heterocycles. The lowest BCUT2D eigenvalue weighted by Crippen LogP contribution is -2.18. The second-order valence-corrected chi connectivity index (χ2v) is 5.66. The van der Waals surface area contributed by atoms with Gasteiger partial charge in [-0.15, -0.1) is 0 Å². The predicted octanol–water partition coefficient (Wildman–Crippen LogP) is 3.72.